The topological polar surface area (TPSA) is 43.9 Å². The highest BCUT2D eigenvalue weighted by molar-refractivity contribution is 5.95. The van der Waals surface area contributed by atoms with Crippen LogP contribution in [0.3, 0.4) is 0 Å². The molecule has 5 nitrogen and oxygen atoms in total. The van der Waals surface area contributed by atoms with E-state index in [1.165, 1.54) is 12.8 Å². The number of likely N-dealkylation sites (tertiary alicyclic amines) is 1. The van der Waals surface area contributed by atoms with Gasteiger partial charge in [0.25, 0.3) is 5.91 Å². The van der Waals surface area contributed by atoms with E-state index in [4.69, 9.17) is 0 Å². The van der Waals surface area contributed by atoms with Crippen LogP contribution in [0, 0.1) is 5.92 Å². The molecule has 0 spiro atoms. The predicted octanol–water partition coefficient (Wildman–Crippen LogP) is 3.51. The number of nitrogens with zero attached hydrogens (tertiary/aromatic N) is 3. The van der Waals surface area contributed by atoms with Crippen LogP contribution < -0.4 is 0 Å². The Morgan fingerprint density at radius 2 is 1.32 bits per heavy atom. The van der Waals surface area contributed by atoms with Crippen LogP contribution in [0.5, 0.6) is 0 Å². The zero-order chi connectivity index (χ0) is 21.2. The van der Waals surface area contributed by atoms with E-state index in [-0.39, 0.29) is 11.8 Å². The zero-order valence-electron chi connectivity index (χ0n) is 18.1. The molecule has 0 aromatic heterocycles. The van der Waals surface area contributed by atoms with Crippen molar-refractivity contribution in [3.63, 3.8) is 0 Å². The van der Waals surface area contributed by atoms with Gasteiger partial charge in [0.2, 0.25) is 5.91 Å². The Labute approximate surface area is 184 Å². The first-order valence-electron chi connectivity index (χ1n) is 11.7. The normalized spacial score (nSPS) is 20.6. The van der Waals surface area contributed by atoms with Crippen LogP contribution in [0.1, 0.15) is 36.0 Å². The summed E-state index contributed by atoms with van der Waals surface area (Å²) in [5.41, 5.74) is 3.05. The summed E-state index contributed by atoms with van der Waals surface area (Å²) in [4.78, 5) is 31.9. The number of hydrogen-bond acceptors (Lipinski definition) is 3. The van der Waals surface area contributed by atoms with E-state index < -0.39 is 0 Å². The molecule has 0 radical (unpaired) electrons. The molecule has 0 N–H and O–H groups in total. The van der Waals surface area contributed by atoms with E-state index in [0.717, 1.165) is 68.8 Å². The van der Waals surface area contributed by atoms with Crippen LogP contribution in [0.25, 0.3) is 11.1 Å². The van der Waals surface area contributed by atoms with E-state index >= 15 is 0 Å². The first kappa shape index (κ1) is 20.3. The van der Waals surface area contributed by atoms with Crippen molar-refractivity contribution in [3.05, 3.63) is 60.2 Å². The molecule has 2 aromatic carbocycles. The molecular formula is C26H31N3O2. The van der Waals surface area contributed by atoms with Gasteiger partial charge in [-0.15, -0.1) is 0 Å². The van der Waals surface area contributed by atoms with Crippen molar-refractivity contribution in [2.75, 3.05) is 39.3 Å². The van der Waals surface area contributed by atoms with E-state index in [2.05, 4.69) is 21.9 Å². The minimum Gasteiger partial charge on any atom is -0.340 e. The van der Waals surface area contributed by atoms with Crippen LogP contribution in [0.4, 0.5) is 0 Å². The molecule has 3 aliphatic rings. The van der Waals surface area contributed by atoms with Crippen LogP contribution >= 0.6 is 0 Å². The van der Waals surface area contributed by atoms with Gasteiger partial charge in [0.05, 0.1) is 0 Å². The fourth-order valence-electron chi connectivity index (χ4n) is 5.21. The first-order valence-corrected chi connectivity index (χ1v) is 11.7. The number of piperazine rings is 1. The minimum atomic E-state index is 0.117. The molecule has 3 fully saturated rings. The number of hydrogen-bond donors (Lipinski definition) is 0. The molecule has 31 heavy (non-hydrogen) atoms. The van der Waals surface area contributed by atoms with Gasteiger partial charge in [-0.2, -0.15) is 0 Å². The molecule has 1 saturated carbocycles. The van der Waals surface area contributed by atoms with Crippen LogP contribution in [-0.4, -0.2) is 71.8 Å². The van der Waals surface area contributed by atoms with Gasteiger partial charge in [-0.1, -0.05) is 55.3 Å². The largest absolute Gasteiger partial charge is 0.340 e. The summed E-state index contributed by atoms with van der Waals surface area (Å²) < 4.78 is 0. The second-order valence-electron chi connectivity index (χ2n) is 9.15. The monoisotopic (exact) mass is 417 g/mol. The lowest BCUT2D eigenvalue weighted by molar-refractivity contribution is -0.137. The summed E-state index contributed by atoms with van der Waals surface area (Å²) >= 11 is 0. The average molecular weight is 418 g/mol. The summed E-state index contributed by atoms with van der Waals surface area (Å²) in [6.45, 7) is 5.10. The maximum Gasteiger partial charge on any atom is 0.253 e. The van der Waals surface area contributed by atoms with Gasteiger partial charge >= 0.3 is 0 Å². The van der Waals surface area contributed by atoms with Crippen LogP contribution in [-0.2, 0) is 4.79 Å². The molecule has 2 amide bonds. The van der Waals surface area contributed by atoms with Gasteiger partial charge in [0.15, 0.2) is 0 Å². The van der Waals surface area contributed by atoms with Crippen LogP contribution in [0.2, 0.25) is 0 Å². The van der Waals surface area contributed by atoms with Gasteiger partial charge in [0.1, 0.15) is 0 Å². The Kier molecular flexibility index (Phi) is 5.77. The smallest absolute Gasteiger partial charge is 0.253 e. The average Bonchev–Trinajstić information content (AvgIpc) is 3.34. The molecule has 2 aliphatic heterocycles. The number of benzene rings is 2. The Hall–Kier alpha value is -2.66. The molecule has 5 heteroatoms. The van der Waals surface area contributed by atoms with Crippen LogP contribution in [0.15, 0.2) is 54.6 Å². The van der Waals surface area contributed by atoms with Crippen molar-refractivity contribution < 1.29 is 9.59 Å². The molecule has 0 unspecified atom stereocenters. The van der Waals surface area contributed by atoms with Gasteiger partial charge in [-0.25, -0.2) is 0 Å². The number of rotatable bonds is 4. The van der Waals surface area contributed by atoms with E-state index in [1.54, 1.807) is 0 Å². The fourth-order valence-corrected chi connectivity index (χ4v) is 5.21. The highest BCUT2D eigenvalue weighted by Gasteiger charge is 2.37. The molecule has 0 bridgehead atoms. The molecule has 2 saturated heterocycles. The van der Waals surface area contributed by atoms with Crippen molar-refractivity contribution in [1.82, 2.24) is 14.7 Å². The second kappa shape index (κ2) is 8.83. The molecule has 5 rings (SSSR count). The minimum absolute atomic E-state index is 0.117. The molecule has 162 valence electrons. The Morgan fingerprint density at radius 3 is 1.97 bits per heavy atom. The SMILES string of the molecule is O=C(c1ccc(-c2ccccc2)cc1)N1CC(N2CCN(C(=O)C3CCCC3)CC2)C1. The Bertz CT molecular complexity index is 907. The summed E-state index contributed by atoms with van der Waals surface area (Å²) in [5, 5.41) is 0. The number of carbonyl (C=O) groups excluding carboxylic acids is 2. The van der Waals surface area contributed by atoms with Gasteiger partial charge in [0, 0.05) is 56.8 Å². The summed E-state index contributed by atoms with van der Waals surface area (Å²) in [5.74, 6) is 0.768. The highest BCUT2D eigenvalue weighted by atomic mass is 16.2. The Balaban J connectivity index is 1.10. The third-order valence-corrected chi connectivity index (χ3v) is 7.24. The molecule has 2 aromatic rings. The lowest BCUT2D eigenvalue weighted by Crippen LogP contribution is -2.64. The molecular weight excluding hydrogens is 386 g/mol. The summed E-state index contributed by atoms with van der Waals surface area (Å²) in [6.07, 6.45) is 4.56. The highest BCUT2D eigenvalue weighted by Crippen LogP contribution is 2.28. The van der Waals surface area contributed by atoms with E-state index in [0.29, 0.717) is 11.9 Å². The third kappa shape index (κ3) is 4.24. The van der Waals surface area contributed by atoms with E-state index in [1.807, 2.05) is 47.4 Å². The van der Waals surface area contributed by atoms with Gasteiger partial charge in [-0.05, 0) is 36.1 Å². The van der Waals surface area contributed by atoms with Crippen molar-refractivity contribution >= 4 is 11.8 Å². The zero-order valence-corrected chi connectivity index (χ0v) is 18.1. The summed E-state index contributed by atoms with van der Waals surface area (Å²) in [7, 11) is 0. The van der Waals surface area contributed by atoms with Gasteiger partial charge in [-0.3, -0.25) is 14.5 Å². The molecule has 1 aliphatic carbocycles. The lowest BCUT2D eigenvalue weighted by atomic mass is 10.0. The quantitative estimate of drug-likeness (QED) is 0.765. The summed E-state index contributed by atoms with van der Waals surface area (Å²) in [6, 6.07) is 18.6. The third-order valence-electron chi connectivity index (χ3n) is 7.24. The van der Waals surface area contributed by atoms with E-state index in [9.17, 15) is 9.59 Å². The number of amides is 2. The lowest BCUT2D eigenvalue weighted by Gasteiger charge is -2.48. The number of carbonyl (C=O) groups is 2. The van der Waals surface area contributed by atoms with Gasteiger partial charge < -0.3 is 9.80 Å². The van der Waals surface area contributed by atoms with Crippen molar-refractivity contribution in [2.24, 2.45) is 5.92 Å². The van der Waals surface area contributed by atoms with Crippen molar-refractivity contribution in [3.8, 4) is 11.1 Å². The predicted molar refractivity (Wildman–Crippen MR) is 122 cm³/mol. The van der Waals surface area contributed by atoms with Crippen molar-refractivity contribution in [1.29, 1.82) is 0 Å². The maximum atomic E-state index is 12.8. The van der Waals surface area contributed by atoms with Crippen molar-refractivity contribution in [2.45, 2.75) is 31.7 Å². The standard InChI is InChI=1S/C26H31N3O2/c30-25(22-8-4-5-9-22)28-16-14-27(15-17-28)24-18-29(19-24)26(31)23-12-10-21(11-13-23)20-6-2-1-3-7-20/h1-3,6-7,10-13,22,24H,4-5,8-9,14-19H2. The maximum absolute atomic E-state index is 12.8. The molecule has 2 heterocycles. The second-order valence-corrected chi connectivity index (χ2v) is 9.15. The molecule has 0 atom stereocenters. The first-order chi connectivity index (χ1) is 15.2. The fraction of sp³-hybridized carbons (Fsp3) is 0.462. The Morgan fingerprint density at radius 1 is 0.710 bits per heavy atom.